The van der Waals surface area contributed by atoms with Crippen molar-refractivity contribution in [2.24, 2.45) is 0 Å². The average molecular weight is 396 g/mol. The molecule has 1 aromatic heterocycles. The van der Waals surface area contributed by atoms with Crippen LogP contribution in [0.4, 0.5) is 5.82 Å². The first kappa shape index (κ1) is 19.5. The van der Waals surface area contributed by atoms with E-state index in [1.165, 1.54) is 18.6 Å². The SMILES string of the molecule is CC(C)(Oc1ccc(C(=O)c2ccc(Cl)cc2)cc1)C(=O)Nc1cnccn1. The van der Waals surface area contributed by atoms with Gasteiger partial charge in [0.05, 0.1) is 6.20 Å². The monoisotopic (exact) mass is 395 g/mol. The lowest BCUT2D eigenvalue weighted by molar-refractivity contribution is -0.128. The summed E-state index contributed by atoms with van der Waals surface area (Å²) >= 11 is 5.85. The van der Waals surface area contributed by atoms with E-state index in [0.717, 1.165) is 0 Å². The van der Waals surface area contributed by atoms with E-state index in [2.05, 4.69) is 15.3 Å². The molecule has 0 saturated heterocycles. The topological polar surface area (TPSA) is 81.2 Å². The summed E-state index contributed by atoms with van der Waals surface area (Å²) in [6, 6.07) is 13.3. The van der Waals surface area contributed by atoms with Crippen molar-refractivity contribution in [2.75, 3.05) is 5.32 Å². The van der Waals surface area contributed by atoms with Crippen molar-refractivity contribution >= 4 is 29.1 Å². The number of amides is 1. The Hall–Kier alpha value is -3.25. The van der Waals surface area contributed by atoms with Gasteiger partial charge in [0.15, 0.2) is 17.2 Å². The third-order valence-electron chi connectivity index (χ3n) is 3.95. The molecule has 0 aliphatic rings. The first-order valence-corrected chi connectivity index (χ1v) is 8.90. The number of benzene rings is 2. The maximum atomic E-state index is 12.5. The van der Waals surface area contributed by atoms with Crippen molar-refractivity contribution in [3.63, 3.8) is 0 Å². The molecule has 0 fully saturated rings. The number of halogens is 1. The molecule has 7 heteroatoms. The zero-order chi connectivity index (χ0) is 20.1. The Balaban J connectivity index is 1.68. The summed E-state index contributed by atoms with van der Waals surface area (Å²) in [5.74, 6) is 0.317. The Morgan fingerprint density at radius 2 is 1.57 bits per heavy atom. The van der Waals surface area contributed by atoms with Crippen LogP contribution in [0.15, 0.2) is 67.1 Å². The summed E-state index contributed by atoms with van der Waals surface area (Å²) in [6.07, 6.45) is 4.45. The van der Waals surface area contributed by atoms with Crippen LogP contribution in [-0.2, 0) is 4.79 Å². The van der Waals surface area contributed by atoms with Gasteiger partial charge < -0.3 is 10.1 Å². The molecule has 3 aromatic rings. The Morgan fingerprint density at radius 3 is 2.14 bits per heavy atom. The summed E-state index contributed by atoms with van der Waals surface area (Å²) in [5, 5.41) is 3.23. The minimum absolute atomic E-state index is 0.122. The fourth-order valence-corrected chi connectivity index (χ4v) is 2.54. The van der Waals surface area contributed by atoms with E-state index in [9.17, 15) is 9.59 Å². The molecular formula is C21H18ClN3O3. The van der Waals surface area contributed by atoms with Crippen molar-refractivity contribution in [3.05, 3.63) is 83.3 Å². The quantitative estimate of drug-likeness (QED) is 0.634. The molecule has 0 unspecified atom stereocenters. The Morgan fingerprint density at radius 1 is 0.964 bits per heavy atom. The van der Waals surface area contributed by atoms with Crippen LogP contribution < -0.4 is 10.1 Å². The van der Waals surface area contributed by atoms with Crippen molar-refractivity contribution in [3.8, 4) is 5.75 Å². The molecule has 0 saturated carbocycles. The molecular weight excluding hydrogens is 378 g/mol. The molecule has 2 aromatic carbocycles. The molecule has 3 rings (SSSR count). The van der Waals surface area contributed by atoms with Gasteiger partial charge in [0.1, 0.15) is 5.75 Å². The van der Waals surface area contributed by atoms with E-state index in [0.29, 0.717) is 27.7 Å². The van der Waals surface area contributed by atoms with Crippen molar-refractivity contribution in [1.82, 2.24) is 9.97 Å². The number of ketones is 1. The lowest BCUT2D eigenvalue weighted by atomic mass is 10.0. The zero-order valence-electron chi connectivity index (χ0n) is 15.3. The van der Waals surface area contributed by atoms with Gasteiger partial charge in [-0.25, -0.2) is 4.98 Å². The summed E-state index contributed by atoms with van der Waals surface area (Å²) in [4.78, 5) is 32.9. The number of nitrogens with zero attached hydrogens (tertiary/aromatic N) is 2. The van der Waals surface area contributed by atoms with Crippen LogP contribution in [0.3, 0.4) is 0 Å². The Kier molecular flexibility index (Phi) is 5.70. The van der Waals surface area contributed by atoms with Crippen LogP contribution in [0.5, 0.6) is 5.75 Å². The van der Waals surface area contributed by atoms with E-state index in [4.69, 9.17) is 16.3 Å². The number of hydrogen-bond acceptors (Lipinski definition) is 5. The van der Waals surface area contributed by atoms with Gasteiger partial charge in [-0.15, -0.1) is 0 Å². The van der Waals surface area contributed by atoms with Gasteiger partial charge >= 0.3 is 0 Å². The standard InChI is InChI=1S/C21H18ClN3O3/c1-21(2,20(27)25-18-13-23-11-12-24-18)28-17-9-5-15(6-10-17)19(26)14-3-7-16(22)8-4-14/h3-13H,1-2H3,(H,24,25,27). The molecule has 142 valence electrons. The average Bonchev–Trinajstić information content (AvgIpc) is 2.69. The number of anilines is 1. The van der Waals surface area contributed by atoms with Crippen LogP contribution in [0.2, 0.25) is 5.02 Å². The summed E-state index contributed by atoms with van der Waals surface area (Å²) in [6.45, 7) is 3.29. The van der Waals surface area contributed by atoms with Gasteiger partial charge in [-0.3, -0.25) is 14.6 Å². The Bertz CT molecular complexity index is 972. The van der Waals surface area contributed by atoms with Crippen LogP contribution in [0, 0.1) is 0 Å². The first-order chi connectivity index (χ1) is 13.3. The fraction of sp³-hybridized carbons (Fsp3) is 0.143. The first-order valence-electron chi connectivity index (χ1n) is 8.52. The van der Waals surface area contributed by atoms with Crippen LogP contribution in [-0.4, -0.2) is 27.3 Å². The lowest BCUT2D eigenvalue weighted by Crippen LogP contribution is -2.42. The zero-order valence-corrected chi connectivity index (χ0v) is 16.1. The molecule has 0 aliphatic heterocycles. The van der Waals surface area contributed by atoms with Crippen molar-refractivity contribution in [2.45, 2.75) is 19.4 Å². The van der Waals surface area contributed by atoms with Gasteiger partial charge in [0.25, 0.3) is 5.91 Å². The second-order valence-corrected chi connectivity index (χ2v) is 6.95. The van der Waals surface area contributed by atoms with E-state index >= 15 is 0 Å². The molecule has 1 heterocycles. The number of hydrogen-bond donors (Lipinski definition) is 1. The van der Waals surface area contributed by atoms with Crippen molar-refractivity contribution in [1.29, 1.82) is 0 Å². The summed E-state index contributed by atoms with van der Waals surface area (Å²) in [7, 11) is 0. The maximum absolute atomic E-state index is 12.5. The molecule has 28 heavy (non-hydrogen) atoms. The fourth-order valence-electron chi connectivity index (χ4n) is 2.41. The molecule has 1 N–H and O–H groups in total. The highest BCUT2D eigenvalue weighted by atomic mass is 35.5. The molecule has 0 radical (unpaired) electrons. The van der Waals surface area contributed by atoms with Gasteiger partial charge in [-0.2, -0.15) is 0 Å². The largest absolute Gasteiger partial charge is 0.478 e. The van der Waals surface area contributed by atoms with Crippen LogP contribution in [0.25, 0.3) is 0 Å². The van der Waals surface area contributed by atoms with Gasteiger partial charge in [0, 0.05) is 28.5 Å². The van der Waals surface area contributed by atoms with Crippen molar-refractivity contribution < 1.29 is 14.3 Å². The molecule has 1 amide bonds. The number of carbonyl (C=O) groups excluding carboxylic acids is 2. The summed E-state index contributed by atoms with van der Waals surface area (Å²) in [5.41, 5.74) is -0.0996. The molecule has 6 nitrogen and oxygen atoms in total. The predicted octanol–water partition coefficient (Wildman–Crippen LogP) is 4.16. The van der Waals surface area contributed by atoms with E-state index in [1.54, 1.807) is 62.4 Å². The number of ether oxygens (including phenoxy) is 1. The van der Waals surface area contributed by atoms with Crippen LogP contribution >= 0.6 is 11.6 Å². The normalized spacial score (nSPS) is 11.0. The van der Waals surface area contributed by atoms with Gasteiger partial charge in [-0.05, 0) is 62.4 Å². The molecule has 0 atom stereocenters. The highest BCUT2D eigenvalue weighted by molar-refractivity contribution is 6.30. The minimum Gasteiger partial charge on any atom is -0.478 e. The van der Waals surface area contributed by atoms with Crippen LogP contribution in [0.1, 0.15) is 29.8 Å². The number of aromatic nitrogens is 2. The minimum atomic E-state index is -1.15. The summed E-state index contributed by atoms with van der Waals surface area (Å²) < 4.78 is 5.80. The van der Waals surface area contributed by atoms with Gasteiger partial charge in [0.2, 0.25) is 0 Å². The highest BCUT2D eigenvalue weighted by Crippen LogP contribution is 2.22. The van der Waals surface area contributed by atoms with Gasteiger partial charge in [-0.1, -0.05) is 11.6 Å². The highest BCUT2D eigenvalue weighted by Gasteiger charge is 2.30. The second-order valence-electron chi connectivity index (χ2n) is 6.52. The molecule has 0 bridgehead atoms. The number of carbonyl (C=O) groups is 2. The third-order valence-corrected chi connectivity index (χ3v) is 4.20. The predicted molar refractivity (Wildman–Crippen MR) is 107 cm³/mol. The lowest BCUT2D eigenvalue weighted by Gasteiger charge is -2.25. The smallest absolute Gasteiger partial charge is 0.269 e. The number of rotatable bonds is 6. The number of nitrogens with one attached hydrogen (secondary N) is 1. The molecule has 0 aliphatic carbocycles. The van der Waals surface area contributed by atoms with E-state index < -0.39 is 5.60 Å². The second kappa shape index (κ2) is 8.19. The Labute approximate surface area is 167 Å². The van der Waals surface area contributed by atoms with E-state index in [-0.39, 0.29) is 11.7 Å². The third kappa shape index (κ3) is 4.72. The molecule has 0 spiro atoms. The maximum Gasteiger partial charge on any atom is 0.269 e. The van der Waals surface area contributed by atoms with E-state index in [1.807, 2.05) is 0 Å².